The zero-order valence-corrected chi connectivity index (χ0v) is 8.66. The maximum absolute atomic E-state index is 5.93. The van der Waals surface area contributed by atoms with Crippen LogP contribution < -0.4 is 10.6 Å². The maximum atomic E-state index is 5.93. The van der Waals surface area contributed by atoms with Crippen LogP contribution in [0.1, 0.15) is 17.2 Å². The smallest absolute Gasteiger partial charge is 0.0721 e. The predicted molar refractivity (Wildman–Crippen MR) is 57.4 cm³/mol. The van der Waals surface area contributed by atoms with E-state index in [0.29, 0.717) is 13.2 Å². The number of anilines is 1. The van der Waals surface area contributed by atoms with Crippen LogP contribution in [0.25, 0.3) is 0 Å². The molecule has 0 fully saturated rings. The Morgan fingerprint density at radius 1 is 1.43 bits per heavy atom. The lowest BCUT2D eigenvalue weighted by Crippen LogP contribution is -2.24. The number of hydrogen-bond acceptors (Lipinski definition) is 3. The van der Waals surface area contributed by atoms with Gasteiger partial charge >= 0.3 is 0 Å². The Balaban J connectivity index is 2.39. The molecule has 1 aromatic rings. The van der Waals surface area contributed by atoms with E-state index in [1.165, 1.54) is 16.8 Å². The molecule has 0 radical (unpaired) electrons. The fraction of sp³-hybridized carbons (Fsp3) is 0.455. The molecule has 2 N–H and O–H groups in total. The Bertz CT molecular complexity index is 336. The normalized spacial score (nSPS) is 20.4. The van der Waals surface area contributed by atoms with Crippen molar-refractivity contribution >= 4 is 5.69 Å². The number of nitrogens with zero attached hydrogens (tertiary/aromatic N) is 1. The molecule has 14 heavy (non-hydrogen) atoms. The number of fused-ring (bicyclic) bond motifs is 1. The molecule has 0 unspecified atom stereocenters. The summed E-state index contributed by atoms with van der Waals surface area (Å²) in [6.07, 6.45) is 0. The summed E-state index contributed by atoms with van der Waals surface area (Å²) in [4.78, 5) is 2.08. The van der Waals surface area contributed by atoms with Crippen molar-refractivity contribution in [3.05, 3.63) is 29.3 Å². The SMILES string of the molecule is CN(C)c1ccc2c(c1)COC[C@@H]2N. The van der Waals surface area contributed by atoms with E-state index in [0.717, 1.165) is 0 Å². The average Bonchev–Trinajstić information content (AvgIpc) is 2.17. The van der Waals surface area contributed by atoms with Gasteiger partial charge in [0.15, 0.2) is 0 Å². The first-order valence-electron chi connectivity index (χ1n) is 4.82. The minimum Gasteiger partial charge on any atom is -0.378 e. The van der Waals surface area contributed by atoms with E-state index in [-0.39, 0.29) is 6.04 Å². The number of nitrogens with two attached hydrogens (primary N) is 1. The lowest BCUT2D eigenvalue weighted by atomic mass is 9.99. The van der Waals surface area contributed by atoms with Crippen LogP contribution in [0.15, 0.2) is 18.2 Å². The van der Waals surface area contributed by atoms with Gasteiger partial charge in [-0.1, -0.05) is 6.07 Å². The highest BCUT2D eigenvalue weighted by molar-refractivity contribution is 5.50. The quantitative estimate of drug-likeness (QED) is 0.728. The predicted octanol–water partition coefficient (Wildman–Crippen LogP) is 1.28. The van der Waals surface area contributed by atoms with Gasteiger partial charge in [0.25, 0.3) is 0 Å². The van der Waals surface area contributed by atoms with Gasteiger partial charge in [0.1, 0.15) is 0 Å². The molecule has 3 heteroatoms. The Morgan fingerprint density at radius 2 is 2.21 bits per heavy atom. The van der Waals surface area contributed by atoms with Crippen molar-refractivity contribution in [3.63, 3.8) is 0 Å². The van der Waals surface area contributed by atoms with Gasteiger partial charge in [0.05, 0.1) is 19.3 Å². The fourth-order valence-corrected chi connectivity index (χ4v) is 1.74. The van der Waals surface area contributed by atoms with Crippen molar-refractivity contribution in [2.24, 2.45) is 5.73 Å². The minimum atomic E-state index is 0.0370. The lowest BCUT2D eigenvalue weighted by Gasteiger charge is -2.24. The monoisotopic (exact) mass is 192 g/mol. The Morgan fingerprint density at radius 3 is 2.93 bits per heavy atom. The molecule has 1 atom stereocenters. The van der Waals surface area contributed by atoms with E-state index in [1.807, 2.05) is 14.1 Å². The molecule has 0 saturated heterocycles. The largest absolute Gasteiger partial charge is 0.378 e. The van der Waals surface area contributed by atoms with Gasteiger partial charge in [-0.15, -0.1) is 0 Å². The molecule has 0 aliphatic carbocycles. The van der Waals surface area contributed by atoms with Gasteiger partial charge in [-0.2, -0.15) is 0 Å². The van der Waals surface area contributed by atoms with E-state index in [4.69, 9.17) is 10.5 Å². The van der Waals surface area contributed by atoms with Gasteiger partial charge < -0.3 is 15.4 Å². The van der Waals surface area contributed by atoms with Crippen molar-refractivity contribution in [1.82, 2.24) is 0 Å². The molecule has 1 aliphatic rings. The molecule has 0 bridgehead atoms. The second kappa shape index (κ2) is 3.59. The number of ether oxygens (including phenoxy) is 1. The number of rotatable bonds is 1. The molecule has 0 spiro atoms. The number of benzene rings is 1. The second-order valence-electron chi connectivity index (χ2n) is 3.90. The number of hydrogen-bond donors (Lipinski definition) is 1. The molecule has 76 valence electrons. The van der Waals surface area contributed by atoms with Crippen molar-refractivity contribution in [2.45, 2.75) is 12.6 Å². The summed E-state index contributed by atoms with van der Waals surface area (Å²) in [6.45, 7) is 1.32. The topological polar surface area (TPSA) is 38.5 Å². The molecule has 3 nitrogen and oxygen atoms in total. The third-order valence-corrected chi connectivity index (χ3v) is 2.60. The molecule has 0 saturated carbocycles. The highest BCUT2D eigenvalue weighted by Crippen LogP contribution is 2.26. The molecule has 1 aromatic carbocycles. The van der Waals surface area contributed by atoms with Crippen LogP contribution in [-0.4, -0.2) is 20.7 Å². The van der Waals surface area contributed by atoms with Gasteiger partial charge in [0, 0.05) is 19.8 Å². The fourth-order valence-electron chi connectivity index (χ4n) is 1.74. The maximum Gasteiger partial charge on any atom is 0.0721 e. The van der Waals surface area contributed by atoms with E-state index < -0.39 is 0 Å². The summed E-state index contributed by atoms with van der Waals surface area (Å²) in [6, 6.07) is 6.39. The van der Waals surface area contributed by atoms with E-state index in [1.54, 1.807) is 0 Å². The highest BCUT2D eigenvalue weighted by Gasteiger charge is 2.17. The first kappa shape index (κ1) is 9.49. The Kier molecular flexibility index (Phi) is 2.44. The Hall–Kier alpha value is -1.06. The van der Waals surface area contributed by atoms with Crippen molar-refractivity contribution in [2.75, 3.05) is 25.6 Å². The van der Waals surface area contributed by atoms with Crippen molar-refractivity contribution < 1.29 is 4.74 Å². The van der Waals surface area contributed by atoms with E-state index >= 15 is 0 Å². The standard InChI is InChI=1S/C11H16N2O/c1-13(2)9-3-4-10-8(5-9)6-14-7-11(10)12/h3-5,11H,6-7,12H2,1-2H3/t11-/m0/s1. The van der Waals surface area contributed by atoms with Gasteiger partial charge in [-0.05, 0) is 23.3 Å². The van der Waals surface area contributed by atoms with Gasteiger partial charge in [-0.25, -0.2) is 0 Å². The average molecular weight is 192 g/mol. The van der Waals surface area contributed by atoms with Crippen molar-refractivity contribution in [3.8, 4) is 0 Å². The first-order valence-corrected chi connectivity index (χ1v) is 4.82. The van der Waals surface area contributed by atoms with Crippen LogP contribution in [-0.2, 0) is 11.3 Å². The van der Waals surface area contributed by atoms with Crippen LogP contribution in [0.5, 0.6) is 0 Å². The molecule has 2 rings (SSSR count). The molecular weight excluding hydrogens is 176 g/mol. The van der Waals surface area contributed by atoms with Crippen LogP contribution in [0.2, 0.25) is 0 Å². The van der Waals surface area contributed by atoms with Gasteiger partial charge in [0.2, 0.25) is 0 Å². The summed E-state index contributed by atoms with van der Waals surface area (Å²) in [5.41, 5.74) is 9.57. The van der Waals surface area contributed by atoms with Crippen LogP contribution >= 0.6 is 0 Å². The van der Waals surface area contributed by atoms with Crippen LogP contribution in [0, 0.1) is 0 Å². The van der Waals surface area contributed by atoms with Gasteiger partial charge in [-0.3, -0.25) is 0 Å². The molecule has 1 heterocycles. The molecule has 0 aromatic heterocycles. The third kappa shape index (κ3) is 1.61. The molecule has 1 aliphatic heterocycles. The van der Waals surface area contributed by atoms with E-state index in [2.05, 4.69) is 23.1 Å². The highest BCUT2D eigenvalue weighted by atomic mass is 16.5. The summed E-state index contributed by atoms with van der Waals surface area (Å²) < 4.78 is 5.40. The second-order valence-corrected chi connectivity index (χ2v) is 3.90. The first-order chi connectivity index (χ1) is 6.68. The minimum absolute atomic E-state index is 0.0370. The Labute approximate surface area is 84.5 Å². The summed E-state index contributed by atoms with van der Waals surface area (Å²) in [5, 5.41) is 0. The zero-order valence-electron chi connectivity index (χ0n) is 8.66. The lowest BCUT2D eigenvalue weighted by molar-refractivity contribution is 0.0924. The summed E-state index contributed by atoms with van der Waals surface area (Å²) in [5.74, 6) is 0. The summed E-state index contributed by atoms with van der Waals surface area (Å²) >= 11 is 0. The van der Waals surface area contributed by atoms with E-state index in [9.17, 15) is 0 Å². The zero-order chi connectivity index (χ0) is 10.1. The molecular formula is C11H16N2O. The molecule has 0 amide bonds. The third-order valence-electron chi connectivity index (χ3n) is 2.60. The van der Waals surface area contributed by atoms with Crippen molar-refractivity contribution in [1.29, 1.82) is 0 Å². The van der Waals surface area contributed by atoms with Crippen LogP contribution in [0.3, 0.4) is 0 Å². The summed E-state index contributed by atoms with van der Waals surface area (Å²) in [7, 11) is 4.07. The van der Waals surface area contributed by atoms with Crippen LogP contribution in [0.4, 0.5) is 5.69 Å².